The van der Waals surface area contributed by atoms with E-state index in [-0.39, 0.29) is 11.0 Å². The third kappa shape index (κ3) is 32.9. The van der Waals surface area contributed by atoms with Gasteiger partial charge in [-0.15, -0.1) is 0 Å². The molecule has 0 aromatic rings. The van der Waals surface area contributed by atoms with E-state index in [1.807, 2.05) is 0 Å². The van der Waals surface area contributed by atoms with Crippen molar-refractivity contribution < 1.29 is 116 Å². The number of phosphoric acid groups is 1. The first-order valence-corrected chi connectivity index (χ1v) is 13.6. The number of quaternary nitrogens is 1. The third-order valence-corrected chi connectivity index (χ3v) is 4.68. The van der Waals surface area contributed by atoms with Crippen molar-refractivity contribution in [3.8, 4) is 0 Å². The largest absolute Gasteiger partial charge is 0.472 e. The molecule has 0 saturated carbocycles. The molecule has 0 rings (SSSR count). The summed E-state index contributed by atoms with van der Waals surface area (Å²) in [5.74, 6) is -6.02. The maximum Gasteiger partial charge on any atom is 0.472 e. The van der Waals surface area contributed by atoms with Crippen molar-refractivity contribution in [2.24, 2.45) is 0 Å². The summed E-state index contributed by atoms with van der Waals surface area (Å²) in [5, 5.41) is 0. The number of rotatable bonds is 34. The maximum atomic E-state index is 13.9. The summed E-state index contributed by atoms with van der Waals surface area (Å²) < 4.78 is 472. The van der Waals surface area contributed by atoms with E-state index in [1.165, 1.54) is 21.1 Å². The standard InChI is InChI=1S/C36H72NO8P/c1-6-8-10-12-14-16-18-20-22-24-26-28-35(38)42-32-34(33-44-46(40,41)43-31-30-37(3,4)5)45-36(39)29-27-25-23-21-19-17-15-13-11-9-7-2/h34H,6-33H2,1-5H3/p+1/t34-/m1/s1/i1D3,2D3,6D2,7D2,8D2,9D2,10D2,11D2,12D2,13D2,14D2,15D2,16D2,17D2,18D2,19D2,20D2,21D2,22D2,23D2,24D2,25D2,26D2,27D2,28D2,29D2. The quantitative estimate of drug-likeness (QED) is 0.0396. The molecule has 0 aliphatic heterocycles. The van der Waals surface area contributed by atoms with Gasteiger partial charge in [0.25, 0.3) is 0 Å². The summed E-state index contributed by atoms with van der Waals surface area (Å²) in [4.78, 5) is 38.0. The smallest absolute Gasteiger partial charge is 0.462 e. The molecule has 0 aliphatic rings. The van der Waals surface area contributed by atoms with Crippen LogP contribution in [0.4, 0.5) is 0 Å². The molecule has 0 bridgehead atoms. The number of phosphoric ester groups is 1. The van der Waals surface area contributed by atoms with Gasteiger partial charge in [-0.05, 0) is 12.7 Å². The Morgan fingerprint density at radius 3 is 1.50 bits per heavy atom. The van der Waals surface area contributed by atoms with Crippen molar-refractivity contribution in [3.05, 3.63) is 0 Å². The van der Waals surface area contributed by atoms with Gasteiger partial charge in [0.2, 0.25) is 0 Å². The second kappa shape index (κ2) is 30.1. The molecule has 1 N–H and O–H groups in total. The van der Waals surface area contributed by atoms with Crippen LogP contribution in [0.2, 0.25) is 0 Å². The lowest BCUT2D eigenvalue weighted by Gasteiger charge is -2.24. The van der Waals surface area contributed by atoms with Crippen LogP contribution in [0.15, 0.2) is 0 Å². The number of ether oxygens (including phenoxy) is 2. The second-order valence-electron chi connectivity index (χ2n) is 8.24. The summed E-state index contributed by atoms with van der Waals surface area (Å²) in [6, 6.07) is 0. The first-order valence-electron chi connectivity index (χ1n) is 39.1. The molecule has 0 radical (unpaired) electrons. The Bertz CT molecular complexity index is 2970. The molecule has 0 saturated heterocycles. The highest BCUT2D eigenvalue weighted by Crippen LogP contribution is 2.43. The second-order valence-corrected chi connectivity index (χ2v) is 9.69. The van der Waals surface area contributed by atoms with E-state index in [0.29, 0.717) is 0 Å². The van der Waals surface area contributed by atoms with Gasteiger partial charge in [0.1, 0.15) is 19.8 Å². The Balaban J connectivity index is 8.10. The van der Waals surface area contributed by atoms with E-state index in [4.69, 9.17) is 78.5 Å². The third-order valence-electron chi connectivity index (χ3n) is 3.69. The van der Waals surface area contributed by atoms with Crippen LogP contribution >= 0.6 is 7.82 Å². The van der Waals surface area contributed by atoms with Crippen LogP contribution < -0.4 is 0 Å². The van der Waals surface area contributed by atoms with E-state index in [9.17, 15) is 19.0 Å². The lowest BCUT2D eigenvalue weighted by molar-refractivity contribution is -0.870. The van der Waals surface area contributed by atoms with Crippen molar-refractivity contribution in [1.29, 1.82) is 0 Å². The first kappa shape index (κ1) is 9.08. The molecule has 0 amide bonds. The van der Waals surface area contributed by atoms with Crippen LogP contribution in [-0.4, -0.2) is 74.9 Å². The molecule has 0 fully saturated rings. The van der Waals surface area contributed by atoms with Gasteiger partial charge in [0.15, 0.2) is 6.10 Å². The number of hydrogen-bond acceptors (Lipinski definition) is 7. The van der Waals surface area contributed by atoms with Gasteiger partial charge < -0.3 is 18.9 Å². The molecule has 0 spiro atoms. The average molecular weight is 733 g/mol. The molecule has 0 heterocycles. The van der Waals surface area contributed by atoms with Gasteiger partial charge in [0.05, 0.1) is 27.7 Å². The monoisotopic (exact) mass is 733 g/mol. The van der Waals surface area contributed by atoms with Crippen LogP contribution in [-0.2, 0) is 32.7 Å². The predicted octanol–water partition coefficient (Wildman–Crippen LogP) is 9.68. The van der Waals surface area contributed by atoms with Crippen LogP contribution in [0.3, 0.4) is 0 Å². The van der Waals surface area contributed by atoms with E-state index in [2.05, 4.69) is 14.0 Å². The Morgan fingerprint density at radius 1 is 0.652 bits per heavy atom. The molecule has 0 aromatic heterocycles. The zero-order valence-electron chi connectivity index (χ0n) is 78.6. The van der Waals surface area contributed by atoms with E-state index in [1.54, 1.807) is 0 Å². The fraction of sp³-hybridized carbons (Fsp3) is 0.944. The number of hydrogen-bond donors (Lipinski definition) is 1. The van der Waals surface area contributed by atoms with Gasteiger partial charge >= 0.3 is 19.8 Å². The highest BCUT2D eigenvalue weighted by atomic mass is 31.2. The van der Waals surface area contributed by atoms with Gasteiger partial charge in [-0.1, -0.05) is 141 Å². The normalized spacial score (nSPS) is 39.2. The van der Waals surface area contributed by atoms with E-state index in [0.717, 1.165) is 0 Å². The fourth-order valence-corrected chi connectivity index (χ4v) is 2.61. The molecule has 10 heteroatoms. The van der Waals surface area contributed by atoms with Crippen LogP contribution in [0.1, 0.15) is 241 Å². The van der Waals surface area contributed by atoms with Crippen molar-refractivity contribution >= 4 is 19.8 Å². The van der Waals surface area contributed by atoms with Gasteiger partial charge in [-0.2, -0.15) is 0 Å². The summed E-state index contributed by atoms with van der Waals surface area (Å²) in [6.07, 6.45) is -127. The van der Waals surface area contributed by atoms with Crippen LogP contribution in [0.25, 0.3) is 0 Å². The molecule has 0 aromatic carbocycles. The minimum Gasteiger partial charge on any atom is -0.462 e. The average Bonchev–Trinajstić information content (AvgIpc) is 0.687. The minimum atomic E-state index is -5.63. The molecular weight excluding hydrogens is 605 g/mol. The van der Waals surface area contributed by atoms with Crippen molar-refractivity contribution in [1.82, 2.24) is 0 Å². The number of nitrogens with zero attached hydrogens (tertiary/aromatic N) is 1. The van der Waals surface area contributed by atoms with Gasteiger partial charge in [0, 0.05) is 86.8 Å². The van der Waals surface area contributed by atoms with Crippen LogP contribution in [0, 0.1) is 0 Å². The van der Waals surface area contributed by atoms with Crippen molar-refractivity contribution in [2.75, 3.05) is 47.5 Å². The number of carbonyl (C=O) groups is 2. The lowest BCUT2D eigenvalue weighted by atomic mass is 10.1. The summed E-state index contributed by atoms with van der Waals surface area (Å²) in [6.45, 7) is -13.5. The molecule has 46 heavy (non-hydrogen) atoms. The SMILES string of the molecule is [2H]C([2H])([2H])C([2H])([2H])C([2H])([2H])C([2H])([2H])C([2H])([2H])C([2H])([2H])C([2H])([2H])C([2H])([2H])C([2H])([2H])C([2H])([2H])C([2H])([2H])C([2H])([2H])C([2H])([2H])C(=O)OC[C@H](COP(=O)(O)OCC[N+](C)(C)C)OC(=O)C([2H])([2H])C([2H])([2H])C([2H])([2H])C([2H])([2H])C([2H])([2H])C([2H])([2H])C([2H])([2H])C([2H])([2H])C([2H])([2H])C([2H])([2H])C([2H])([2H])C([2H])([2H])C([2H])([2H])[2H]. The zero-order valence-corrected chi connectivity index (χ0v) is 25.5. The maximum absolute atomic E-state index is 13.9. The lowest BCUT2D eigenvalue weighted by Crippen LogP contribution is -2.37. The van der Waals surface area contributed by atoms with Crippen LogP contribution in [0.5, 0.6) is 0 Å². The van der Waals surface area contributed by atoms with Gasteiger partial charge in [-0.3, -0.25) is 18.6 Å². The van der Waals surface area contributed by atoms with Crippen molar-refractivity contribution in [3.63, 3.8) is 0 Å². The highest BCUT2D eigenvalue weighted by Gasteiger charge is 2.27. The molecule has 2 atom stereocenters. The Hall–Kier alpha value is -0.990. The summed E-state index contributed by atoms with van der Waals surface area (Å²) in [5.41, 5.74) is 0. The van der Waals surface area contributed by atoms with E-state index < -0.39 is 212 Å². The Kier molecular flexibility index (Phi) is 5.94. The van der Waals surface area contributed by atoms with Crippen molar-refractivity contribution in [2.45, 2.75) is 173 Å². The van der Waals surface area contributed by atoms with E-state index >= 15 is 0 Å². The summed E-state index contributed by atoms with van der Waals surface area (Å²) >= 11 is 0. The zero-order chi connectivity index (χ0) is 82.4. The minimum absolute atomic E-state index is 0.0292. The number of carbonyl (C=O) groups excluding carboxylic acids is 2. The molecular formula is C36H73NO8P+. The number of likely N-dealkylation sites (N-methyl/N-ethyl adjacent to an activating group) is 1. The predicted molar refractivity (Wildman–Crippen MR) is 188 cm³/mol. The molecule has 1 unspecified atom stereocenters. The Labute approximate surface area is 358 Å². The molecule has 0 aliphatic carbocycles. The van der Waals surface area contributed by atoms with Gasteiger partial charge in [-0.25, -0.2) is 4.57 Å². The molecule has 9 nitrogen and oxygen atoms in total. The Morgan fingerprint density at radius 2 is 1.07 bits per heavy atom. The fourth-order valence-electron chi connectivity index (χ4n) is 1.87. The topological polar surface area (TPSA) is 108 Å². The number of esters is 2. The summed E-state index contributed by atoms with van der Waals surface area (Å²) in [7, 11) is -1.13. The highest BCUT2D eigenvalue weighted by molar-refractivity contribution is 7.47. The molecule has 274 valence electrons. The first-order chi connectivity index (χ1) is 42.3.